The highest BCUT2D eigenvalue weighted by Crippen LogP contribution is 2.39. The van der Waals surface area contributed by atoms with Crippen molar-refractivity contribution in [3.8, 4) is 5.75 Å². The number of piperazine rings is 1. The fourth-order valence-corrected chi connectivity index (χ4v) is 3.34. The third kappa shape index (κ3) is 4.19. The largest absolute Gasteiger partial charge is 0.492 e. The molecule has 1 saturated carbocycles. The highest BCUT2D eigenvalue weighted by Gasteiger charge is 2.28. The molecule has 2 aromatic rings. The van der Waals surface area contributed by atoms with Gasteiger partial charge in [-0.25, -0.2) is 0 Å². The van der Waals surface area contributed by atoms with Crippen LogP contribution < -0.4 is 4.74 Å². The number of halogens is 1. The molecule has 0 bridgehead atoms. The molecule has 0 radical (unpaired) electrons. The summed E-state index contributed by atoms with van der Waals surface area (Å²) < 4.78 is 5.74. The van der Waals surface area contributed by atoms with Crippen molar-refractivity contribution in [2.24, 2.45) is 0 Å². The van der Waals surface area contributed by atoms with Crippen LogP contribution in [-0.2, 0) is 0 Å². The number of aromatic amines is 1. The average molecular weight is 375 g/mol. The van der Waals surface area contributed by atoms with Gasteiger partial charge < -0.3 is 9.64 Å². The second-order valence-electron chi connectivity index (χ2n) is 6.92. The number of aromatic nitrogens is 2. The normalized spacial score (nSPS) is 18.1. The van der Waals surface area contributed by atoms with Crippen LogP contribution in [0.3, 0.4) is 0 Å². The van der Waals surface area contributed by atoms with E-state index in [0.29, 0.717) is 23.2 Å². The zero-order chi connectivity index (χ0) is 17.9. The highest BCUT2D eigenvalue weighted by molar-refractivity contribution is 6.30. The molecule has 0 unspecified atom stereocenters. The predicted octanol–water partition coefficient (Wildman–Crippen LogP) is 2.78. The first kappa shape index (κ1) is 17.4. The molecular formula is C19H23ClN4O2. The third-order valence-corrected chi connectivity index (χ3v) is 5.24. The van der Waals surface area contributed by atoms with Gasteiger partial charge in [-0.1, -0.05) is 11.6 Å². The van der Waals surface area contributed by atoms with Crippen molar-refractivity contribution in [2.75, 3.05) is 39.3 Å². The Hall–Kier alpha value is -2.05. The first-order valence-corrected chi connectivity index (χ1v) is 9.52. The third-order valence-electron chi connectivity index (χ3n) is 4.98. The van der Waals surface area contributed by atoms with E-state index in [-0.39, 0.29) is 5.91 Å². The van der Waals surface area contributed by atoms with E-state index in [4.69, 9.17) is 16.3 Å². The van der Waals surface area contributed by atoms with Crippen molar-refractivity contribution in [1.29, 1.82) is 0 Å². The Morgan fingerprint density at radius 2 is 1.92 bits per heavy atom. The number of carbonyl (C=O) groups is 1. The number of hydrogen-bond acceptors (Lipinski definition) is 4. The fourth-order valence-electron chi connectivity index (χ4n) is 3.21. The molecule has 6 nitrogen and oxygen atoms in total. The van der Waals surface area contributed by atoms with Crippen molar-refractivity contribution in [2.45, 2.75) is 18.8 Å². The summed E-state index contributed by atoms with van der Waals surface area (Å²) in [6.07, 6.45) is 2.40. The van der Waals surface area contributed by atoms with Crippen LogP contribution >= 0.6 is 11.6 Å². The molecule has 7 heteroatoms. The fraction of sp³-hybridized carbons (Fsp3) is 0.474. The molecule has 1 aromatic carbocycles. The van der Waals surface area contributed by atoms with Crippen LogP contribution in [0, 0.1) is 0 Å². The van der Waals surface area contributed by atoms with Gasteiger partial charge in [-0.3, -0.25) is 14.8 Å². The molecule has 1 saturated heterocycles. The van der Waals surface area contributed by atoms with Crippen LogP contribution in [-0.4, -0.2) is 65.2 Å². The minimum Gasteiger partial charge on any atom is -0.492 e. The van der Waals surface area contributed by atoms with Crippen LogP contribution in [0.4, 0.5) is 0 Å². The molecule has 138 valence electrons. The van der Waals surface area contributed by atoms with Crippen LogP contribution in [0.15, 0.2) is 30.3 Å². The zero-order valence-electron chi connectivity index (χ0n) is 14.7. The van der Waals surface area contributed by atoms with E-state index in [9.17, 15) is 4.79 Å². The summed E-state index contributed by atoms with van der Waals surface area (Å²) >= 11 is 5.87. The molecule has 2 heterocycles. The van der Waals surface area contributed by atoms with Crippen LogP contribution in [0.5, 0.6) is 5.75 Å². The molecule has 26 heavy (non-hydrogen) atoms. The summed E-state index contributed by atoms with van der Waals surface area (Å²) in [4.78, 5) is 16.8. The lowest BCUT2D eigenvalue weighted by Gasteiger charge is -2.34. The molecule has 2 aliphatic rings. The lowest BCUT2D eigenvalue weighted by molar-refractivity contribution is 0.0614. The number of hydrogen-bond donors (Lipinski definition) is 1. The van der Waals surface area contributed by atoms with Gasteiger partial charge in [0.2, 0.25) is 0 Å². The number of nitrogens with one attached hydrogen (secondary N) is 1. The summed E-state index contributed by atoms with van der Waals surface area (Å²) in [5.74, 6) is 1.44. The van der Waals surface area contributed by atoms with Gasteiger partial charge in [0, 0.05) is 49.4 Å². The molecule has 1 aromatic heterocycles. The van der Waals surface area contributed by atoms with E-state index in [0.717, 1.165) is 44.2 Å². The maximum absolute atomic E-state index is 12.6. The van der Waals surface area contributed by atoms with Gasteiger partial charge in [-0.15, -0.1) is 0 Å². The Morgan fingerprint density at radius 3 is 2.62 bits per heavy atom. The maximum atomic E-state index is 12.6. The molecule has 1 amide bonds. The van der Waals surface area contributed by atoms with Gasteiger partial charge in [0.05, 0.1) is 0 Å². The number of H-pyrrole nitrogens is 1. The summed E-state index contributed by atoms with van der Waals surface area (Å²) in [5.41, 5.74) is 1.65. The average Bonchev–Trinajstić information content (AvgIpc) is 3.40. The highest BCUT2D eigenvalue weighted by atomic mass is 35.5. The minimum atomic E-state index is 0.0326. The van der Waals surface area contributed by atoms with Crippen molar-refractivity contribution in [1.82, 2.24) is 20.0 Å². The Kier molecular flexibility index (Phi) is 5.13. The predicted molar refractivity (Wildman–Crippen MR) is 99.9 cm³/mol. The molecule has 1 aliphatic carbocycles. The monoisotopic (exact) mass is 374 g/mol. The lowest BCUT2D eigenvalue weighted by Crippen LogP contribution is -2.49. The van der Waals surface area contributed by atoms with E-state index >= 15 is 0 Å². The number of carbonyl (C=O) groups excluding carboxylic acids is 1. The topological polar surface area (TPSA) is 61.5 Å². The molecule has 0 spiro atoms. The van der Waals surface area contributed by atoms with Crippen molar-refractivity contribution >= 4 is 17.5 Å². The smallest absolute Gasteiger partial charge is 0.274 e. The molecule has 4 rings (SSSR count). The Balaban J connectivity index is 1.20. The van der Waals surface area contributed by atoms with E-state index < -0.39 is 0 Å². The first-order chi connectivity index (χ1) is 12.7. The number of ether oxygens (including phenoxy) is 1. The van der Waals surface area contributed by atoms with E-state index in [2.05, 4.69) is 15.1 Å². The summed E-state index contributed by atoms with van der Waals surface area (Å²) in [7, 11) is 0. The molecule has 0 atom stereocenters. The summed E-state index contributed by atoms with van der Waals surface area (Å²) in [6, 6.07) is 9.32. The Bertz CT molecular complexity index is 749. The molecular weight excluding hydrogens is 352 g/mol. The number of benzene rings is 1. The zero-order valence-corrected chi connectivity index (χ0v) is 15.4. The Labute approximate surface area is 158 Å². The summed E-state index contributed by atoms with van der Waals surface area (Å²) in [6.45, 7) is 4.64. The standard InChI is InChI=1S/C19H23ClN4O2/c20-15-3-5-16(6-4-15)26-12-11-23-7-9-24(10-8-23)19(25)18-13-17(21-22-18)14-1-2-14/h3-6,13-14H,1-2,7-12H2,(H,21,22). The van der Waals surface area contributed by atoms with Gasteiger partial charge in [-0.05, 0) is 43.2 Å². The lowest BCUT2D eigenvalue weighted by atomic mass is 10.2. The molecule has 1 N–H and O–H groups in total. The number of amides is 1. The Morgan fingerprint density at radius 1 is 1.19 bits per heavy atom. The second kappa shape index (κ2) is 7.68. The van der Waals surface area contributed by atoms with Crippen LogP contribution in [0.2, 0.25) is 5.02 Å². The first-order valence-electron chi connectivity index (χ1n) is 9.14. The van der Waals surface area contributed by atoms with Crippen molar-refractivity contribution < 1.29 is 9.53 Å². The van der Waals surface area contributed by atoms with E-state index in [1.165, 1.54) is 12.8 Å². The summed E-state index contributed by atoms with van der Waals surface area (Å²) in [5, 5.41) is 7.92. The van der Waals surface area contributed by atoms with E-state index in [1.807, 2.05) is 35.2 Å². The maximum Gasteiger partial charge on any atom is 0.274 e. The SMILES string of the molecule is O=C(c1cc(C2CC2)[nH]n1)N1CCN(CCOc2ccc(Cl)cc2)CC1. The van der Waals surface area contributed by atoms with Crippen LogP contribution in [0.25, 0.3) is 0 Å². The van der Waals surface area contributed by atoms with E-state index in [1.54, 1.807) is 0 Å². The number of nitrogens with zero attached hydrogens (tertiary/aromatic N) is 3. The van der Waals surface area contributed by atoms with Crippen LogP contribution in [0.1, 0.15) is 34.9 Å². The van der Waals surface area contributed by atoms with Gasteiger partial charge in [-0.2, -0.15) is 5.10 Å². The molecule has 1 aliphatic heterocycles. The van der Waals surface area contributed by atoms with Gasteiger partial charge >= 0.3 is 0 Å². The van der Waals surface area contributed by atoms with Gasteiger partial charge in [0.1, 0.15) is 18.1 Å². The van der Waals surface area contributed by atoms with Gasteiger partial charge in [0.25, 0.3) is 5.91 Å². The van der Waals surface area contributed by atoms with Crippen molar-refractivity contribution in [3.63, 3.8) is 0 Å². The second-order valence-corrected chi connectivity index (χ2v) is 7.36. The molecule has 2 fully saturated rings. The minimum absolute atomic E-state index is 0.0326. The van der Waals surface area contributed by atoms with Gasteiger partial charge in [0.15, 0.2) is 0 Å². The van der Waals surface area contributed by atoms with Crippen molar-refractivity contribution in [3.05, 3.63) is 46.7 Å². The quantitative estimate of drug-likeness (QED) is 0.844. The number of rotatable bonds is 6.